The van der Waals surface area contributed by atoms with E-state index >= 15 is 0 Å². The lowest BCUT2D eigenvalue weighted by Crippen LogP contribution is -2.42. The molecule has 0 radical (unpaired) electrons. The Kier molecular flexibility index (Phi) is 7.56. The molecule has 30 heavy (non-hydrogen) atoms. The van der Waals surface area contributed by atoms with Crippen molar-refractivity contribution in [2.24, 2.45) is 0 Å². The van der Waals surface area contributed by atoms with Crippen LogP contribution in [0.5, 0.6) is 5.75 Å². The van der Waals surface area contributed by atoms with Gasteiger partial charge in [0.05, 0.1) is 11.8 Å². The van der Waals surface area contributed by atoms with E-state index in [1.807, 2.05) is 30.3 Å². The van der Waals surface area contributed by atoms with Gasteiger partial charge < -0.3 is 14.5 Å². The Hall–Kier alpha value is -3.20. The first-order valence-electron chi connectivity index (χ1n) is 9.17. The van der Waals surface area contributed by atoms with E-state index in [0.717, 1.165) is 17.3 Å². The molecule has 0 aliphatic heterocycles. The van der Waals surface area contributed by atoms with E-state index in [4.69, 9.17) is 9.15 Å². The average Bonchev–Trinajstić information content (AvgIpc) is 3.20. The van der Waals surface area contributed by atoms with Crippen molar-refractivity contribution in [2.75, 3.05) is 5.75 Å². The topological polar surface area (TPSA) is 94.3 Å². The molecule has 0 aliphatic rings. The number of thioether (sulfide) groups is 1. The van der Waals surface area contributed by atoms with Gasteiger partial charge >= 0.3 is 0 Å². The summed E-state index contributed by atoms with van der Waals surface area (Å²) < 4.78 is 23.7. The van der Waals surface area contributed by atoms with Gasteiger partial charge in [0.2, 0.25) is 5.91 Å². The van der Waals surface area contributed by atoms with Crippen LogP contribution in [0.25, 0.3) is 0 Å². The Balaban J connectivity index is 1.45. The predicted octanol–water partition coefficient (Wildman–Crippen LogP) is 3.20. The number of hydrogen-bond acceptors (Lipinski definition) is 7. The molecule has 0 spiro atoms. The summed E-state index contributed by atoms with van der Waals surface area (Å²) in [6, 6.07) is 14.4. The standard InChI is InChI=1S/C21H20FN3O4S/c1-14(26)18(11-15-5-3-2-4-6-15)23-19(27)13-30-21-25-24-20(29-21)12-28-17-9-7-16(22)8-10-17/h2-10,18H,11-13H2,1H3,(H,23,27)/t18-/m1/s1. The predicted molar refractivity (Wildman–Crippen MR) is 109 cm³/mol. The number of hydrogen-bond donors (Lipinski definition) is 1. The number of carbonyl (C=O) groups is 2. The van der Waals surface area contributed by atoms with Crippen LogP contribution < -0.4 is 10.1 Å². The molecule has 2 aromatic carbocycles. The van der Waals surface area contributed by atoms with Gasteiger partial charge in [0.1, 0.15) is 11.6 Å². The lowest BCUT2D eigenvalue weighted by Gasteiger charge is -2.15. The van der Waals surface area contributed by atoms with Crippen molar-refractivity contribution in [1.29, 1.82) is 0 Å². The minimum atomic E-state index is -0.595. The minimum Gasteiger partial charge on any atom is -0.484 e. The van der Waals surface area contributed by atoms with E-state index in [1.165, 1.54) is 31.2 Å². The highest BCUT2D eigenvalue weighted by atomic mass is 32.2. The van der Waals surface area contributed by atoms with Crippen LogP contribution in [0.15, 0.2) is 64.2 Å². The maximum absolute atomic E-state index is 12.9. The fourth-order valence-electron chi connectivity index (χ4n) is 2.54. The molecule has 0 bridgehead atoms. The number of carbonyl (C=O) groups excluding carboxylic acids is 2. The molecule has 0 saturated heterocycles. The summed E-state index contributed by atoms with van der Waals surface area (Å²) in [5, 5.41) is 10.7. The van der Waals surface area contributed by atoms with Gasteiger partial charge in [-0.15, -0.1) is 10.2 Å². The van der Waals surface area contributed by atoms with Crippen LogP contribution in [0.2, 0.25) is 0 Å². The number of rotatable bonds is 10. The zero-order chi connectivity index (χ0) is 21.3. The number of halogens is 1. The molecule has 0 fully saturated rings. The molecule has 1 amide bonds. The molecule has 1 aromatic heterocycles. The Morgan fingerprint density at radius 1 is 1.13 bits per heavy atom. The maximum Gasteiger partial charge on any atom is 0.277 e. The SMILES string of the molecule is CC(=O)[C@@H](Cc1ccccc1)NC(=O)CSc1nnc(COc2ccc(F)cc2)o1. The number of ether oxygens (including phenoxy) is 1. The van der Waals surface area contributed by atoms with Gasteiger partial charge in [-0.25, -0.2) is 4.39 Å². The molecule has 0 unspecified atom stereocenters. The summed E-state index contributed by atoms with van der Waals surface area (Å²) >= 11 is 1.06. The maximum atomic E-state index is 12.9. The normalized spacial score (nSPS) is 11.7. The number of nitrogens with one attached hydrogen (secondary N) is 1. The third-order valence-electron chi connectivity index (χ3n) is 4.06. The van der Waals surface area contributed by atoms with E-state index in [-0.39, 0.29) is 41.0 Å². The van der Waals surface area contributed by atoms with Crippen molar-refractivity contribution in [3.63, 3.8) is 0 Å². The van der Waals surface area contributed by atoms with Crippen molar-refractivity contribution < 1.29 is 23.1 Å². The molecule has 0 saturated carbocycles. The largest absolute Gasteiger partial charge is 0.484 e. The molecule has 3 aromatic rings. The molecule has 9 heteroatoms. The van der Waals surface area contributed by atoms with Gasteiger partial charge in [-0.2, -0.15) is 0 Å². The molecule has 1 N–H and O–H groups in total. The Morgan fingerprint density at radius 3 is 2.57 bits per heavy atom. The van der Waals surface area contributed by atoms with Crippen LogP contribution in [0.4, 0.5) is 4.39 Å². The molecule has 7 nitrogen and oxygen atoms in total. The molecule has 1 heterocycles. The average molecular weight is 429 g/mol. The molecule has 156 valence electrons. The Morgan fingerprint density at radius 2 is 1.87 bits per heavy atom. The first-order chi connectivity index (χ1) is 14.5. The second kappa shape index (κ2) is 10.5. The van der Waals surface area contributed by atoms with Gasteiger partial charge in [-0.05, 0) is 43.2 Å². The van der Waals surface area contributed by atoms with Crippen LogP contribution >= 0.6 is 11.8 Å². The summed E-state index contributed by atoms with van der Waals surface area (Å²) in [6.45, 7) is 1.47. The van der Waals surface area contributed by atoms with Crippen LogP contribution in [-0.4, -0.2) is 33.7 Å². The third kappa shape index (κ3) is 6.70. The Labute approximate surface area is 177 Å². The lowest BCUT2D eigenvalue weighted by molar-refractivity contribution is -0.125. The van der Waals surface area contributed by atoms with Crippen molar-refractivity contribution in [3.05, 3.63) is 71.9 Å². The summed E-state index contributed by atoms with van der Waals surface area (Å²) in [4.78, 5) is 24.1. The summed E-state index contributed by atoms with van der Waals surface area (Å²) in [5.41, 5.74) is 0.966. The van der Waals surface area contributed by atoms with Gasteiger partial charge in [-0.1, -0.05) is 42.1 Å². The minimum absolute atomic E-state index is 0.0227. The van der Waals surface area contributed by atoms with Crippen LogP contribution in [0, 0.1) is 5.82 Å². The van der Waals surface area contributed by atoms with Crippen LogP contribution in [0.3, 0.4) is 0 Å². The highest BCUT2D eigenvalue weighted by Crippen LogP contribution is 2.18. The first-order valence-corrected chi connectivity index (χ1v) is 10.2. The summed E-state index contributed by atoms with van der Waals surface area (Å²) in [6.07, 6.45) is 0.429. The van der Waals surface area contributed by atoms with E-state index in [2.05, 4.69) is 15.5 Å². The molecule has 3 rings (SSSR count). The van der Waals surface area contributed by atoms with Crippen molar-refractivity contribution in [1.82, 2.24) is 15.5 Å². The van der Waals surface area contributed by atoms with E-state index in [1.54, 1.807) is 0 Å². The second-order valence-corrected chi connectivity index (χ2v) is 7.34. The Bertz CT molecular complexity index is 979. The number of nitrogens with zero attached hydrogens (tertiary/aromatic N) is 2. The molecule has 1 atom stereocenters. The monoisotopic (exact) mass is 429 g/mol. The molecular formula is C21H20FN3O4S. The van der Waals surface area contributed by atoms with E-state index < -0.39 is 6.04 Å². The fraction of sp³-hybridized carbons (Fsp3) is 0.238. The number of ketones is 1. The smallest absolute Gasteiger partial charge is 0.277 e. The zero-order valence-electron chi connectivity index (χ0n) is 16.2. The van der Waals surface area contributed by atoms with E-state index in [9.17, 15) is 14.0 Å². The fourth-order valence-corrected chi connectivity index (χ4v) is 3.13. The number of benzene rings is 2. The van der Waals surface area contributed by atoms with Gasteiger partial charge in [0, 0.05) is 0 Å². The summed E-state index contributed by atoms with van der Waals surface area (Å²) in [7, 11) is 0. The zero-order valence-corrected chi connectivity index (χ0v) is 17.0. The quantitative estimate of drug-likeness (QED) is 0.495. The van der Waals surface area contributed by atoms with Crippen LogP contribution in [-0.2, 0) is 22.6 Å². The molecular weight excluding hydrogens is 409 g/mol. The van der Waals surface area contributed by atoms with E-state index in [0.29, 0.717) is 12.2 Å². The number of amides is 1. The van der Waals surface area contributed by atoms with Gasteiger partial charge in [0.25, 0.3) is 11.1 Å². The first kappa shape index (κ1) is 21.5. The van der Waals surface area contributed by atoms with Gasteiger partial charge in [0.15, 0.2) is 12.4 Å². The lowest BCUT2D eigenvalue weighted by atomic mass is 10.0. The molecule has 0 aliphatic carbocycles. The van der Waals surface area contributed by atoms with Crippen molar-refractivity contribution in [3.8, 4) is 5.75 Å². The summed E-state index contributed by atoms with van der Waals surface area (Å²) in [5.74, 6) is -0.0507. The highest BCUT2D eigenvalue weighted by Gasteiger charge is 2.18. The van der Waals surface area contributed by atoms with Crippen LogP contribution in [0.1, 0.15) is 18.4 Å². The number of Topliss-reactive ketones (excluding diaryl/α,β-unsaturated/α-hetero) is 1. The van der Waals surface area contributed by atoms with Crippen molar-refractivity contribution in [2.45, 2.75) is 31.2 Å². The second-order valence-electron chi connectivity index (χ2n) is 6.41. The number of aromatic nitrogens is 2. The highest BCUT2D eigenvalue weighted by molar-refractivity contribution is 7.99. The third-order valence-corrected chi connectivity index (χ3v) is 4.88. The van der Waals surface area contributed by atoms with Crippen molar-refractivity contribution >= 4 is 23.5 Å². The van der Waals surface area contributed by atoms with Gasteiger partial charge in [-0.3, -0.25) is 9.59 Å².